The molecule has 0 unspecified atom stereocenters. The summed E-state index contributed by atoms with van der Waals surface area (Å²) in [5, 5.41) is 4.85. The molecule has 0 aliphatic heterocycles. The Morgan fingerprint density at radius 1 is 1.17 bits per heavy atom. The lowest BCUT2D eigenvalue weighted by Crippen LogP contribution is -2.04. The van der Waals surface area contributed by atoms with Crippen LogP contribution < -0.4 is 5.32 Å². The quantitative estimate of drug-likeness (QED) is 0.759. The predicted octanol–water partition coefficient (Wildman–Crippen LogP) is 3.12. The van der Waals surface area contributed by atoms with E-state index in [4.69, 9.17) is 9.79 Å². The smallest absolute Gasteiger partial charge is 0.344 e. The first-order valence-electron chi connectivity index (χ1n) is 5.24. The van der Waals surface area contributed by atoms with Crippen molar-refractivity contribution in [2.75, 3.05) is 11.6 Å². The van der Waals surface area contributed by atoms with Crippen molar-refractivity contribution in [1.29, 1.82) is 0 Å². The molecule has 4 nitrogen and oxygen atoms in total. The van der Waals surface area contributed by atoms with Crippen LogP contribution >= 0.6 is 20.0 Å². The molecule has 2 rings (SSSR count). The van der Waals surface area contributed by atoms with Gasteiger partial charge in [0.1, 0.15) is 6.29 Å². The molecule has 6 heteroatoms. The summed E-state index contributed by atoms with van der Waals surface area (Å²) in [5.41, 5.74) is 1.75. The van der Waals surface area contributed by atoms with E-state index in [-0.39, 0.29) is 18.7 Å². The Balaban J connectivity index is 0.00000162. The Labute approximate surface area is 112 Å². The molecule has 98 valence electrons. The highest BCUT2D eigenvalue weighted by molar-refractivity contribution is 7.51. The minimum absolute atomic E-state index is 0. The van der Waals surface area contributed by atoms with Gasteiger partial charge in [-0.25, -0.2) is 0 Å². The van der Waals surface area contributed by atoms with E-state index >= 15 is 0 Å². The van der Waals surface area contributed by atoms with Crippen LogP contribution in [0.1, 0.15) is 5.56 Å². The number of benzene rings is 2. The maximum Gasteiger partial charge on any atom is 0.344 e. The number of nitrogens with one attached hydrogen (secondary N) is 1. The van der Waals surface area contributed by atoms with Gasteiger partial charge in [0.25, 0.3) is 0 Å². The average Bonchev–Trinajstić information content (AvgIpc) is 2.26. The van der Waals surface area contributed by atoms with Gasteiger partial charge in [0.15, 0.2) is 0 Å². The molecule has 0 bridgehead atoms. The van der Waals surface area contributed by atoms with Gasteiger partial charge in [0.2, 0.25) is 0 Å². The Morgan fingerprint density at radius 2 is 1.83 bits per heavy atom. The second-order valence-corrected chi connectivity index (χ2v) is 5.62. The van der Waals surface area contributed by atoms with E-state index in [0.29, 0.717) is 0 Å². The molecule has 0 saturated carbocycles. The Hall–Kier alpha value is -1.06. The summed E-state index contributed by atoms with van der Waals surface area (Å²) in [4.78, 5) is 17.8. The molecule has 0 fully saturated rings. The van der Waals surface area contributed by atoms with Gasteiger partial charge < -0.3 is 15.1 Å². The van der Waals surface area contributed by atoms with Gasteiger partial charge in [-0.1, -0.05) is 36.4 Å². The molecular formula is C12H15ClNO3P. The fraction of sp³-hybridized carbons (Fsp3) is 0.167. The van der Waals surface area contributed by atoms with Crippen molar-refractivity contribution in [3.8, 4) is 0 Å². The number of hydrogen-bond acceptors (Lipinski definition) is 2. The molecule has 0 radical (unpaired) electrons. The first kappa shape index (κ1) is 15.0. The van der Waals surface area contributed by atoms with Gasteiger partial charge in [-0.05, 0) is 17.9 Å². The molecule has 0 spiro atoms. The molecule has 18 heavy (non-hydrogen) atoms. The minimum Gasteiger partial charge on any atom is -0.373 e. The fourth-order valence-electron chi connectivity index (χ4n) is 1.80. The van der Waals surface area contributed by atoms with Gasteiger partial charge in [0, 0.05) is 11.1 Å². The Morgan fingerprint density at radius 3 is 2.50 bits per heavy atom. The van der Waals surface area contributed by atoms with Crippen molar-refractivity contribution in [1.82, 2.24) is 0 Å². The van der Waals surface area contributed by atoms with Crippen LogP contribution in [-0.4, -0.2) is 16.1 Å². The third-order valence-corrected chi connectivity index (χ3v) is 3.17. The zero-order valence-corrected chi connectivity index (χ0v) is 11.5. The zero-order chi connectivity index (χ0) is 12.5. The van der Waals surface area contributed by atoms with Crippen LogP contribution in [0.25, 0.3) is 10.8 Å². The number of hydrogen-bond donors (Lipinski definition) is 3. The minimum atomic E-state index is -4.04. The molecule has 0 heterocycles. The van der Waals surface area contributed by atoms with Crippen molar-refractivity contribution in [2.24, 2.45) is 0 Å². The number of halogens is 1. The number of anilines is 1. The second kappa shape index (κ2) is 5.72. The first-order valence-corrected chi connectivity index (χ1v) is 7.04. The Bertz CT molecular complexity index is 597. The van der Waals surface area contributed by atoms with E-state index in [2.05, 4.69) is 5.32 Å². The second-order valence-electron chi connectivity index (χ2n) is 3.98. The fourth-order valence-corrected chi connectivity index (χ4v) is 2.16. The lowest BCUT2D eigenvalue weighted by molar-refractivity contribution is 0.375. The van der Waals surface area contributed by atoms with Crippen molar-refractivity contribution >= 4 is 36.5 Å². The average molecular weight is 288 g/mol. The SMILES string of the molecule is Cc1ccc2ccccc2c1NCP(=O)(O)O.Cl. The summed E-state index contributed by atoms with van der Waals surface area (Å²) < 4.78 is 10.9. The maximum absolute atomic E-state index is 10.9. The van der Waals surface area contributed by atoms with E-state index in [1.807, 2.05) is 43.3 Å². The summed E-state index contributed by atoms with van der Waals surface area (Å²) in [6.07, 6.45) is -0.345. The third kappa shape index (κ3) is 3.47. The van der Waals surface area contributed by atoms with Crippen LogP contribution in [-0.2, 0) is 4.57 Å². The van der Waals surface area contributed by atoms with Crippen LogP contribution in [0.2, 0.25) is 0 Å². The van der Waals surface area contributed by atoms with E-state index in [1.54, 1.807) is 0 Å². The largest absolute Gasteiger partial charge is 0.373 e. The van der Waals surface area contributed by atoms with Gasteiger partial charge in [-0.15, -0.1) is 12.4 Å². The molecule has 3 N–H and O–H groups in total. The van der Waals surface area contributed by atoms with E-state index in [9.17, 15) is 4.57 Å². The number of fused-ring (bicyclic) bond motifs is 1. The highest BCUT2D eigenvalue weighted by Gasteiger charge is 2.13. The monoisotopic (exact) mass is 287 g/mol. The van der Waals surface area contributed by atoms with E-state index in [0.717, 1.165) is 22.0 Å². The van der Waals surface area contributed by atoms with Crippen LogP contribution in [0.15, 0.2) is 36.4 Å². The predicted molar refractivity (Wildman–Crippen MR) is 76.5 cm³/mol. The van der Waals surface area contributed by atoms with Gasteiger partial charge in [0.05, 0.1) is 0 Å². The van der Waals surface area contributed by atoms with Crippen LogP contribution in [0, 0.1) is 6.92 Å². The Kier molecular flexibility index (Phi) is 4.77. The molecule has 2 aromatic rings. The molecule has 0 aliphatic carbocycles. The summed E-state index contributed by atoms with van der Waals surface area (Å²) in [7, 11) is -4.04. The maximum atomic E-state index is 10.9. The summed E-state index contributed by atoms with van der Waals surface area (Å²) in [5.74, 6) is 0. The van der Waals surface area contributed by atoms with Gasteiger partial charge >= 0.3 is 7.60 Å². The number of rotatable bonds is 3. The third-order valence-electron chi connectivity index (χ3n) is 2.60. The molecule has 0 aliphatic rings. The lowest BCUT2D eigenvalue weighted by Gasteiger charge is -2.13. The van der Waals surface area contributed by atoms with Gasteiger partial charge in [-0.3, -0.25) is 4.57 Å². The van der Waals surface area contributed by atoms with Gasteiger partial charge in [-0.2, -0.15) is 0 Å². The summed E-state index contributed by atoms with van der Waals surface area (Å²) in [6.45, 7) is 1.91. The van der Waals surface area contributed by atoms with Crippen LogP contribution in [0.4, 0.5) is 5.69 Å². The molecule has 0 aromatic heterocycles. The molecule has 0 atom stereocenters. The topological polar surface area (TPSA) is 69.6 Å². The zero-order valence-electron chi connectivity index (χ0n) is 9.83. The highest BCUT2D eigenvalue weighted by atomic mass is 35.5. The van der Waals surface area contributed by atoms with Crippen LogP contribution in [0.3, 0.4) is 0 Å². The molecular weight excluding hydrogens is 273 g/mol. The normalized spacial score (nSPS) is 11.1. The number of aryl methyl sites for hydroxylation is 1. The van der Waals surface area contributed by atoms with Crippen molar-refractivity contribution in [3.05, 3.63) is 42.0 Å². The van der Waals surface area contributed by atoms with Crippen molar-refractivity contribution < 1.29 is 14.4 Å². The van der Waals surface area contributed by atoms with E-state index < -0.39 is 7.60 Å². The van der Waals surface area contributed by atoms with Crippen molar-refractivity contribution in [3.63, 3.8) is 0 Å². The lowest BCUT2D eigenvalue weighted by atomic mass is 10.1. The van der Waals surface area contributed by atoms with Crippen LogP contribution in [0.5, 0.6) is 0 Å². The molecule has 0 amide bonds. The van der Waals surface area contributed by atoms with Crippen molar-refractivity contribution in [2.45, 2.75) is 6.92 Å². The summed E-state index contributed by atoms with van der Waals surface area (Å²) in [6, 6.07) is 11.7. The molecule has 0 saturated heterocycles. The highest BCUT2D eigenvalue weighted by Crippen LogP contribution is 2.36. The summed E-state index contributed by atoms with van der Waals surface area (Å²) >= 11 is 0. The first-order chi connectivity index (χ1) is 7.97. The molecule has 2 aromatic carbocycles. The van der Waals surface area contributed by atoms with E-state index in [1.165, 1.54) is 0 Å². The standard InChI is InChI=1S/C12H14NO3P.ClH/c1-9-6-7-10-4-2-3-5-11(10)12(9)13-8-17(14,15)16;/h2-7,13H,8H2,1H3,(H2,14,15,16);1H.